The number of hydrogen-bond acceptors (Lipinski definition) is 2. The molecule has 0 aliphatic heterocycles. The van der Waals surface area contributed by atoms with Crippen LogP contribution in [0.2, 0.25) is 0 Å². The molecule has 0 saturated carbocycles. The first-order valence-corrected chi connectivity index (χ1v) is 7.45. The molecule has 1 heterocycles. The molecule has 0 spiro atoms. The molecule has 1 aromatic carbocycles. The Morgan fingerprint density at radius 2 is 2.10 bits per heavy atom. The summed E-state index contributed by atoms with van der Waals surface area (Å²) < 4.78 is 0. The fourth-order valence-electron chi connectivity index (χ4n) is 3.36. The van der Waals surface area contributed by atoms with Gasteiger partial charge in [-0.3, -0.25) is 4.98 Å². The molecule has 0 saturated heterocycles. The van der Waals surface area contributed by atoms with Crippen molar-refractivity contribution >= 4 is 0 Å². The van der Waals surface area contributed by atoms with Gasteiger partial charge < -0.3 is 5.32 Å². The predicted octanol–water partition coefficient (Wildman–Crippen LogP) is 3.25. The number of aryl methyl sites for hydroxylation is 2. The van der Waals surface area contributed by atoms with Crippen molar-refractivity contribution in [3.63, 3.8) is 0 Å². The van der Waals surface area contributed by atoms with Crippen LogP contribution >= 0.6 is 0 Å². The lowest BCUT2D eigenvalue weighted by Crippen LogP contribution is -2.33. The number of nitrogens with zero attached hydrogens (tertiary/aromatic N) is 1. The summed E-state index contributed by atoms with van der Waals surface area (Å²) in [5.74, 6) is 0.538. The Kier molecular flexibility index (Phi) is 3.83. The quantitative estimate of drug-likeness (QED) is 0.919. The molecule has 2 atom stereocenters. The van der Waals surface area contributed by atoms with Gasteiger partial charge in [0.1, 0.15) is 0 Å². The van der Waals surface area contributed by atoms with E-state index in [1.807, 2.05) is 6.20 Å². The van der Waals surface area contributed by atoms with Gasteiger partial charge in [-0.05, 0) is 56.0 Å². The van der Waals surface area contributed by atoms with E-state index in [1.54, 1.807) is 0 Å². The Balaban J connectivity index is 1.83. The molecule has 1 aliphatic carbocycles. The van der Waals surface area contributed by atoms with E-state index < -0.39 is 0 Å². The first kappa shape index (κ1) is 13.3. The molecular weight excluding hydrogens is 244 g/mol. The second kappa shape index (κ2) is 5.76. The monoisotopic (exact) mass is 266 g/mol. The zero-order valence-corrected chi connectivity index (χ0v) is 12.3. The second-order valence-electron chi connectivity index (χ2n) is 5.72. The molecule has 1 aromatic heterocycles. The summed E-state index contributed by atoms with van der Waals surface area (Å²) in [5.41, 5.74) is 5.56. The average molecular weight is 266 g/mol. The molecule has 20 heavy (non-hydrogen) atoms. The number of aromatic nitrogens is 1. The van der Waals surface area contributed by atoms with Gasteiger partial charge in [-0.25, -0.2) is 0 Å². The van der Waals surface area contributed by atoms with E-state index in [-0.39, 0.29) is 0 Å². The Morgan fingerprint density at radius 3 is 2.90 bits per heavy atom. The molecule has 1 N–H and O–H groups in total. The highest BCUT2D eigenvalue weighted by atomic mass is 14.9. The van der Waals surface area contributed by atoms with Crippen LogP contribution in [0.15, 0.2) is 42.6 Å². The minimum atomic E-state index is 0.465. The van der Waals surface area contributed by atoms with Crippen LogP contribution in [0.5, 0.6) is 0 Å². The van der Waals surface area contributed by atoms with Crippen LogP contribution in [-0.4, -0.2) is 18.1 Å². The fraction of sp³-hybridized carbons (Fsp3) is 0.389. The molecule has 1 aliphatic rings. The number of pyridine rings is 1. The van der Waals surface area contributed by atoms with Crippen LogP contribution in [-0.2, 0) is 12.8 Å². The highest BCUT2D eigenvalue weighted by molar-refractivity contribution is 5.32. The van der Waals surface area contributed by atoms with Gasteiger partial charge in [0.2, 0.25) is 0 Å². The predicted molar refractivity (Wildman–Crippen MR) is 83.0 cm³/mol. The first-order valence-electron chi connectivity index (χ1n) is 7.45. The van der Waals surface area contributed by atoms with Gasteiger partial charge in [0.15, 0.2) is 0 Å². The summed E-state index contributed by atoms with van der Waals surface area (Å²) in [5, 5.41) is 3.52. The van der Waals surface area contributed by atoms with Gasteiger partial charge in [-0.15, -0.1) is 0 Å². The van der Waals surface area contributed by atoms with E-state index >= 15 is 0 Å². The number of rotatable bonds is 4. The van der Waals surface area contributed by atoms with Crippen molar-refractivity contribution < 1.29 is 0 Å². The lowest BCUT2D eigenvalue weighted by Gasteiger charge is -2.24. The molecule has 104 valence electrons. The Labute approximate surface area is 121 Å². The highest BCUT2D eigenvalue weighted by Crippen LogP contribution is 2.34. The Hall–Kier alpha value is -1.67. The van der Waals surface area contributed by atoms with E-state index in [9.17, 15) is 0 Å². The number of likely N-dealkylation sites (N-methyl/N-ethyl adjacent to an activating group) is 1. The third-order valence-electron chi connectivity index (χ3n) is 4.56. The topological polar surface area (TPSA) is 24.9 Å². The minimum Gasteiger partial charge on any atom is -0.316 e. The second-order valence-corrected chi connectivity index (χ2v) is 5.72. The van der Waals surface area contributed by atoms with Crippen molar-refractivity contribution in [2.24, 2.45) is 0 Å². The van der Waals surface area contributed by atoms with Crippen molar-refractivity contribution in [1.82, 2.24) is 10.3 Å². The molecule has 2 unspecified atom stereocenters. The smallest absolute Gasteiger partial charge is 0.0482 e. The van der Waals surface area contributed by atoms with Crippen LogP contribution in [0.1, 0.15) is 34.7 Å². The van der Waals surface area contributed by atoms with E-state index in [1.165, 1.54) is 35.2 Å². The Morgan fingerprint density at radius 1 is 1.25 bits per heavy atom. The highest BCUT2D eigenvalue weighted by Gasteiger charge is 2.30. The average Bonchev–Trinajstić information content (AvgIpc) is 2.90. The minimum absolute atomic E-state index is 0.465. The summed E-state index contributed by atoms with van der Waals surface area (Å²) in [6.45, 7) is 2.20. The summed E-state index contributed by atoms with van der Waals surface area (Å²) in [6, 6.07) is 13.4. The molecule has 2 aromatic rings. The van der Waals surface area contributed by atoms with Crippen LogP contribution in [0, 0.1) is 6.92 Å². The lowest BCUT2D eigenvalue weighted by atomic mass is 9.90. The molecule has 0 radical (unpaired) electrons. The molecule has 0 fully saturated rings. The van der Waals surface area contributed by atoms with Crippen molar-refractivity contribution in [3.8, 4) is 0 Å². The van der Waals surface area contributed by atoms with Crippen molar-refractivity contribution in [1.29, 1.82) is 0 Å². The van der Waals surface area contributed by atoms with Crippen molar-refractivity contribution in [2.75, 3.05) is 7.05 Å². The van der Waals surface area contributed by atoms with Gasteiger partial charge >= 0.3 is 0 Å². The largest absolute Gasteiger partial charge is 0.316 e. The molecular formula is C18H22N2. The van der Waals surface area contributed by atoms with E-state index in [0.29, 0.717) is 12.0 Å². The third-order valence-corrected chi connectivity index (χ3v) is 4.56. The number of nitrogens with one attached hydrogen (secondary N) is 1. The van der Waals surface area contributed by atoms with Crippen LogP contribution < -0.4 is 5.32 Å². The SMILES string of the molecule is CNC(Cc1ccccc1C)C1CCc2cccnc21. The van der Waals surface area contributed by atoms with E-state index in [4.69, 9.17) is 0 Å². The summed E-state index contributed by atoms with van der Waals surface area (Å²) in [7, 11) is 2.07. The first-order chi connectivity index (χ1) is 9.79. The van der Waals surface area contributed by atoms with Gasteiger partial charge in [0, 0.05) is 23.9 Å². The van der Waals surface area contributed by atoms with Gasteiger partial charge in [-0.2, -0.15) is 0 Å². The maximum atomic E-state index is 4.63. The van der Waals surface area contributed by atoms with Crippen LogP contribution in [0.4, 0.5) is 0 Å². The molecule has 2 heteroatoms. The normalized spacial score (nSPS) is 18.8. The fourth-order valence-corrected chi connectivity index (χ4v) is 3.36. The Bertz CT molecular complexity index is 591. The lowest BCUT2D eigenvalue weighted by molar-refractivity contribution is 0.450. The van der Waals surface area contributed by atoms with Gasteiger partial charge in [-0.1, -0.05) is 30.3 Å². The molecule has 0 amide bonds. The maximum absolute atomic E-state index is 4.63. The molecule has 0 bridgehead atoms. The van der Waals surface area contributed by atoms with E-state index in [2.05, 4.69) is 60.7 Å². The van der Waals surface area contributed by atoms with E-state index in [0.717, 1.165) is 6.42 Å². The summed E-state index contributed by atoms with van der Waals surface area (Å²) >= 11 is 0. The number of hydrogen-bond donors (Lipinski definition) is 1. The van der Waals surface area contributed by atoms with Crippen molar-refractivity contribution in [3.05, 3.63) is 65.0 Å². The standard InChI is InChI=1S/C18H22N2/c1-13-6-3-4-7-15(13)12-17(19-2)16-10-9-14-8-5-11-20-18(14)16/h3-8,11,16-17,19H,9-10,12H2,1-2H3. The summed E-state index contributed by atoms with van der Waals surface area (Å²) in [4.78, 5) is 4.63. The van der Waals surface area contributed by atoms with Gasteiger partial charge in [0.05, 0.1) is 0 Å². The van der Waals surface area contributed by atoms with Crippen LogP contribution in [0.3, 0.4) is 0 Å². The molecule has 3 rings (SSSR count). The number of fused-ring (bicyclic) bond motifs is 1. The summed E-state index contributed by atoms with van der Waals surface area (Å²) in [6.07, 6.45) is 5.38. The maximum Gasteiger partial charge on any atom is 0.0482 e. The molecule has 2 nitrogen and oxygen atoms in total. The zero-order chi connectivity index (χ0) is 13.9. The zero-order valence-electron chi connectivity index (χ0n) is 12.3. The van der Waals surface area contributed by atoms with Gasteiger partial charge in [0.25, 0.3) is 0 Å². The number of benzene rings is 1. The van der Waals surface area contributed by atoms with Crippen molar-refractivity contribution in [2.45, 2.75) is 38.1 Å². The third kappa shape index (κ3) is 2.48. The van der Waals surface area contributed by atoms with Crippen LogP contribution in [0.25, 0.3) is 0 Å².